The largest absolute Gasteiger partial charge is 0.350 e. The molecule has 154 valence electrons. The van der Waals surface area contributed by atoms with Crippen molar-refractivity contribution in [1.82, 2.24) is 14.7 Å². The summed E-state index contributed by atoms with van der Waals surface area (Å²) in [6.45, 7) is 5.22. The first-order valence-electron chi connectivity index (χ1n) is 9.48. The standard InChI is InChI=1S/C20H23FN4O3S/c1-11-8-9-16(15(21)10-11)24-29(26,27)18-13(3)25(4)12(2)17(18)20-22-19(23-28-20)14-6-5-7-14/h8-10,14,24H,5-7H2,1-4H3. The van der Waals surface area contributed by atoms with Gasteiger partial charge in [-0.15, -0.1) is 0 Å². The summed E-state index contributed by atoms with van der Waals surface area (Å²) >= 11 is 0. The number of nitrogens with one attached hydrogen (secondary N) is 1. The minimum Gasteiger partial charge on any atom is -0.350 e. The minimum absolute atomic E-state index is 0.0151. The zero-order chi connectivity index (χ0) is 20.9. The second-order valence-electron chi connectivity index (χ2n) is 7.61. The molecule has 1 N–H and O–H groups in total. The van der Waals surface area contributed by atoms with Crippen LogP contribution in [0, 0.1) is 26.6 Å². The lowest BCUT2D eigenvalue weighted by atomic mass is 9.85. The van der Waals surface area contributed by atoms with Gasteiger partial charge in [0.05, 0.1) is 11.3 Å². The number of rotatable bonds is 5. The molecule has 1 saturated carbocycles. The molecular weight excluding hydrogens is 395 g/mol. The van der Waals surface area contributed by atoms with Crippen molar-refractivity contribution in [3.8, 4) is 11.5 Å². The molecule has 7 nitrogen and oxygen atoms in total. The highest BCUT2D eigenvalue weighted by atomic mass is 32.2. The fraction of sp³-hybridized carbons (Fsp3) is 0.400. The summed E-state index contributed by atoms with van der Waals surface area (Å²) in [7, 11) is -2.33. The number of hydrogen-bond acceptors (Lipinski definition) is 5. The van der Waals surface area contributed by atoms with Gasteiger partial charge in [-0.2, -0.15) is 4.98 Å². The molecule has 2 heterocycles. The zero-order valence-corrected chi connectivity index (χ0v) is 17.6. The SMILES string of the molecule is Cc1ccc(NS(=O)(=O)c2c(-c3nc(C4CCC4)no3)c(C)n(C)c2C)c(F)c1. The van der Waals surface area contributed by atoms with E-state index < -0.39 is 15.8 Å². The van der Waals surface area contributed by atoms with Gasteiger partial charge in [-0.05, 0) is 51.3 Å². The summed E-state index contributed by atoms with van der Waals surface area (Å²) in [4.78, 5) is 4.49. The van der Waals surface area contributed by atoms with E-state index in [-0.39, 0.29) is 22.4 Å². The highest BCUT2D eigenvalue weighted by Gasteiger charge is 2.33. The van der Waals surface area contributed by atoms with Crippen LogP contribution >= 0.6 is 0 Å². The van der Waals surface area contributed by atoms with E-state index in [0.717, 1.165) is 19.3 Å². The Morgan fingerprint density at radius 1 is 1.21 bits per heavy atom. The van der Waals surface area contributed by atoms with Crippen molar-refractivity contribution in [2.24, 2.45) is 7.05 Å². The molecule has 0 atom stereocenters. The van der Waals surface area contributed by atoms with Crippen molar-refractivity contribution in [2.45, 2.75) is 50.8 Å². The molecule has 0 amide bonds. The van der Waals surface area contributed by atoms with Gasteiger partial charge in [-0.25, -0.2) is 12.8 Å². The molecule has 0 unspecified atom stereocenters. The van der Waals surface area contributed by atoms with Gasteiger partial charge in [-0.3, -0.25) is 4.72 Å². The Hall–Kier alpha value is -2.68. The van der Waals surface area contributed by atoms with Gasteiger partial charge < -0.3 is 9.09 Å². The van der Waals surface area contributed by atoms with Crippen LogP contribution in [0.1, 0.15) is 48.0 Å². The van der Waals surface area contributed by atoms with Crippen molar-refractivity contribution in [3.63, 3.8) is 0 Å². The van der Waals surface area contributed by atoms with Crippen LogP contribution in [0.4, 0.5) is 10.1 Å². The van der Waals surface area contributed by atoms with Gasteiger partial charge in [0.15, 0.2) is 5.82 Å². The lowest BCUT2D eigenvalue weighted by Crippen LogP contribution is -2.16. The summed E-state index contributed by atoms with van der Waals surface area (Å²) in [5.41, 5.74) is 2.12. The first-order valence-corrected chi connectivity index (χ1v) is 11.0. The Morgan fingerprint density at radius 2 is 1.93 bits per heavy atom. The molecular formula is C20H23FN4O3S. The van der Waals surface area contributed by atoms with Crippen LogP contribution in [-0.4, -0.2) is 23.1 Å². The zero-order valence-electron chi connectivity index (χ0n) is 16.8. The molecule has 0 radical (unpaired) electrons. The van der Waals surface area contributed by atoms with Crippen molar-refractivity contribution in [2.75, 3.05) is 4.72 Å². The van der Waals surface area contributed by atoms with Gasteiger partial charge >= 0.3 is 0 Å². The number of nitrogens with zero attached hydrogens (tertiary/aromatic N) is 3. The highest BCUT2D eigenvalue weighted by molar-refractivity contribution is 7.93. The molecule has 1 aromatic carbocycles. The highest BCUT2D eigenvalue weighted by Crippen LogP contribution is 2.39. The molecule has 4 rings (SSSR count). The predicted octanol–water partition coefficient (Wildman–Crippen LogP) is 4.21. The van der Waals surface area contributed by atoms with E-state index in [0.29, 0.717) is 28.3 Å². The maximum atomic E-state index is 14.3. The van der Waals surface area contributed by atoms with E-state index in [2.05, 4.69) is 14.9 Å². The third kappa shape index (κ3) is 3.33. The Balaban J connectivity index is 1.80. The second-order valence-corrected chi connectivity index (χ2v) is 9.23. The Bertz CT molecular complexity index is 1190. The van der Waals surface area contributed by atoms with E-state index in [1.165, 1.54) is 12.1 Å². The first-order chi connectivity index (χ1) is 13.7. The summed E-state index contributed by atoms with van der Waals surface area (Å²) in [5.74, 6) is 0.397. The number of sulfonamides is 1. The quantitative estimate of drug-likeness (QED) is 0.670. The minimum atomic E-state index is -4.10. The molecule has 0 saturated heterocycles. The molecule has 1 aliphatic carbocycles. The molecule has 9 heteroatoms. The summed E-state index contributed by atoms with van der Waals surface area (Å²) in [6, 6.07) is 4.34. The normalized spacial score (nSPS) is 14.8. The molecule has 0 bridgehead atoms. The average Bonchev–Trinajstić information content (AvgIpc) is 3.15. The monoisotopic (exact) mass is 418 g/mol. The van der Waals surface area contributed by atoms with Crippen LogP contribution in [0.3, 0.4) is 0 Å². The van der Waals surface area contributed by atoms with Crippen LogP contribution < -0.4 is 4.72 Å². The van der Waals surface area contributed by atoms with Crippen molar-refractivity contribution in [1.29, 1.82) is 0 Å². The molecule has 3 aromatic rings. The topological polar surface area (TPSA) is 90.0 Å². The number of benzene rings is 1. The predicted molar refractivity (Wildman–Crippen MR) is 107 cm³/mol. The maximum Gasteiger partial charge on any atom is 0.264 e. The fourth-order valence-corrected chi connectivity index (χ4v) is 5.15. The van der Waals surface area contributed by atoms with Crippen LogP contribution in [0.5, 0.6) is 0 Å². The number of anilines is 1. The smallest absolute Gasteiger partial charge is 0.264 e. The molecule has 0 spiro atoms. The Labute approximate surface area is 169 Å². The third-order valence-electron chi connectivity index (χ3n) is 5.69. The van der Waals surface area contributed by atoms with E-state index >= 15 is 0 Å². The van der Waals surface area contributed by atoms with E-state index in [1.807, 2.05) is 0 Å². The first kappa shape index (κ1) is 19.6. The van der Waals surface area contributed by atoms with Crippen LogP contribution in [0.25, 0.3) is 11.5 Å². The summed E-state index contributed by atoms with van der Waals surface area (Å²) in [6.07, 6.45) is 3.14. The molecule has 1 fully saturated rings. The lowest BCUT2D eigenvalue weighted by Gasteiger charge is -2.20. The maximum absolute atomic E-state index is 14.3. The van der Waals surface area contributed by atoms with E-state index in [4.69, 9.17) is 4.52 Å². The van der Waals surface area contributed by atoms with Crippen molar-refractivity contribution in [3.05, 3.63) is 46.8 Å². The number of aryl methyl sites for hydroxylation is 1. The fourth-order valence-electron chi connectivity index (χ4n) is 3.56. The van der Waals surface area contributed by atoms with Crippen LogP contribution in [-0.2, 0) is 17.1 Å². The Kier molecular flexibility index (Phi) is 4.72. The van der Waals surface area contributed by atoms with Crippen LogP contribution in [0.15, 0.2) is 27.6 Å². The van der Waals surface area contributed by atoms with E-state index in [9.17, 15) is 12.8 Å². The molecule has 29 heavy (non-hydrogen) atoms. The summed E-state index contributed by atoms with van der Waals surface area (Å²) in [5, 5.41) is 4.05. The van der Waals surface area contributed by atoms with E-state index in [1.54, 1.807) is 38.5 Å². The molecule has 0 aliphatic heterocycles. The van der Waals surface area contributed by atoms with Crippen LogP contribution in [0.2, 0.25) is 0 Å². The second kappa shape index (κ2) is 6.98. The third-order valence-corrected chi connectivity index (χ3v) is 7.21. The number of hydrogen-bond donors (Lipinski definition) is 1. The number of aromatic nitrogens is 3. The summed E-state index contributed by atoms with van der Waals surface area (Å²) < 4.78 is 50.3. The van der Waals surface area contributed by atoms with Gasteiger partial charge in [-0.1, -0.05) is 17.6 Å². The van der Waals surface area contributed by atoms with Gasteiger partial charge in [0.1, 0.15) is 10.7 Å². The van der Waals surface area contributed by atoms with Crippen molar-refractivity contribution < 1.29 is 17.3 Å². The van der Waals surface area contributed by atoms with Crippen molar-refractivity contribution >= 4 is 15.7 Å². The number of halogens is 1. The Morgan fingerprint density at radius 3 is 2.55 bits per heavy atom. The lowest BCUT2D eigenvalue weighted by molar-refractivity contribution is 0.366. The molecule has 2 aromatic heterocycles. The van der Waals surface area contributed by atoms with Gasteiger partial charge in [0.2, 0.25) is 0 Å². The molecule has 1 aliphatic rings. The van der Waals surface area contributed by atoms with Gasteiger partial charge in [0, 0.05) is 24.4 Å². The van der Waals surface area contributed by atoms with Gasteiger partial charge in [0.25, 0.3) is 15.9 Å². The average molecular weight is 418 g/mol.